The third kappa shape index (κ3) is 4.56. The summed E-state index contributed by atoms with van der Waals surface area (Å²) in [4.78, 5) is 23.7. The molecule has 0 aliphatic heterocycles. The Kier molecular flexibility index (Phi) is 5.95. The van der Waals surface area contributed by atoms with Crippen molar-refractivity contribution >= 4 is 34.8 Å². The lowest BCUT2D eigenvalue weighted by molar-refractivity contribution is -0.136. The van der Waals surface area contributed by atoms with E-state index in [1.807, 2.05) is 0 Å². The van der Waals surface area contributed by atoms with E-state index in [0.717, 1.165) is 37.0 Å². The summed E-state index contributed by atoms with van der Waals surface area (Å²) in [5.74, 6) is -1.51. The summed E-state index contributed by atoms with van der Waals surface area (Å²) < 4.78 is 0. The van der Waals surface area contributed by atoms with Crippen molar-refractivity contribution in [1.29, 1.82) is 0 Å². The van der Waals surface area contributed by atoms with Crippen LogP contribution in [0.4, 0.5) is 5.69 Å². The summed E-state index contributed by atoms with van der Waals surface area (Å²) in [5, 5.41) is 7.16. The Morgan fingerprint density at radius 2 is 1.77 bits per heavy atom. The molecule has 2 amide bonds. The number of amides is 2. The van der Waals surface area contributed by atoms with Gasteiger partial charge in [0, 0.05) is 16.4 Å². The highest BCUT2D eigenvalue weighted by molar-refractivity contribution is 6.40. The van der Waals surface area contributed by atoms with Gasteiger partial charge in [-0.25, -0.2) is 5.43 Å². The molecule has 0 unspecified atom stereocenters. The molecule has 1 aromatic carbocycles. The number of hydrazone groups is 1. The number of hydrogen-bond acceptors (Lipinski definition) is 3. The molecule has 2 rings (SSSR count). The van der Waals surface area contributed by atoms with E-state index in [0.29, 0.717) is 10.7 Å². The molecule has 0 saturated heterocycles. The monoisotopic (exact) mass is 321 g/mol. The molecule has 0 spiro atoms. The molecule has 0 atom stereocenters. The SMILES string of the molecule is Cc1c(Cl)cccc1NC(=O)C(=O)NN=C1CCCCCC1. The normalized spacial score (nSPS) is 14.9. The van der Waals surface area contributed by atoms with Crippen LogP contribution in [0.3, 0.4) is 0 Å². The topological polar surface area (TPSA) is 70.6 Å². The zero-order valence-electron chi connectivity index (χ0n) is 12.6. The zero-order chi connectivity index (χ0) is 15.9. The second-order valence-corrected chi connectivity index (χ2v) is 5.81. The molecule has 1 fully saturated rings. The Morgan fingerprint density at radius 3 is 2.45 bits per heavy atom. The first-order chi connectivity index (χ1) is 10.6. The molecule has 0 radical (unpaired) electrons. The molecule has 0 aromatic heterocycles. The van der Waals surface area contributed by atoms with Crippen LogP contribution in [0.1, 0.15) is 44.1 Å². The third-order valence-electron chi connectivity index (χ3n) is 3.72. The zero-order valence-corrected chi connectivity index (χ0v) is 13.4. The second kappa shape index (κ2) is 7.94. The van der Waals surface area contributed by atoms with Crippen LogP contribution in [-0.2, 0) is 9.59 Å². The largest absolute Gasteiger partial charge is 0.329 e. The third-order valence-corrected chi connectivity index (χ3v) is 4.13. The van der Waals surface area contributed by atoms with E-state index in [9.17, 15) is 9.59 Å². The fourth-order valence-corrected chi connectivity index (χ4v) is 2.53. The van der Waals surface area contributed by atoms with Gasteiger partial charge in [0.05, 0.1) is 0 Å². The van der Waals surface area contributed by atoms with Gasteiger partial charge in [0.1, 0.15) is 0 Å². The van der Waals surface area contributed by atoms with Crippen molar-refractivity contribution in [3.05, 3.63) is 28.8 Å². The lowest BCUT2D eigenvalue weighted by Crippen LogP contribution is -2.33. The first-order valence-electron chi connectivity index (χ1n) is 7.50. The molecular formula is C16H20ClN3O2. The van der Waals surface area contributed by atoms with E-state index < -0.39 is 11.8 Å². The molecule has 2 N–H and O–H groups in total. The minimum atomic E-state index is -0.767. The van der Waals surface area contributed by atoms with E-state index in [1.165, 1.54) is 12.8 Å². The van der Waals surface area contributed by atoms with E-state index in [4.69, 9.17) is 11.6 Å². The molecule has 5 nitrogen and oxygen atoms in total. The lowest BCUT2D eigenvalue weighted by atomic mass is 10.2. The first-order valence-corrected chi connectivity index (χ1v) is 7.87. The molecule has 1 aliphatic carbocycles. The number of carbonyl (C=O) groups is 2. The van der Waals surface area contributed by atoms with Crippen molar-refractivity contribution in [2.45, 2.75) is 45.4 Å². The van der Waals surface area contributed by atoms with Crippen LogP contribution < -0.4 is 10.7 Å². The predicted octanol–water partition coefficient (Wildman–Crippen LogP) is 3.41. The summed E-state index contributed by atoms with van der Waals surface area (Å²) >= 11 is 5.98. The number of rotatable bonds is 2. The van der Waals surface area contributed by atoms with Gasteiger partial charge in [-0.15, -0.1) is 0 Å². The van der Waals surface area contributed by atoms with Gasteiger partial charge in [-0.2, -0.15) is 5.10 Å². The minimum absolute atomic E-state index is 0.523. The standard InChI is InChI=1S/C16H20ClN3O2/c1-11-13(17)9-6-10-14(11)18-15(21)16(22)20-19-12-7-4-2-3-5-8-12/h6,9-10H,2-5,7-8H2,1H3,(H,18,21)(H,20,22). The van der Waals surface area contributed by atoms with Gasteiger partial charge >= 0.3 is 11.8 Å². The van der Waals surface area contributed by atoms with Crippen molar-refractivity contribution in [2.24, 2.45) is 5.10 Å². The quantitative estimate of drug-likeness (QED) is 0.498. The molecule has 0 bridgehead atoms. The van der Waals surface area contributed by atoms with Crippen LogP contribution in [-0.4, -0.2) is 17.5 Å². The highest BCUT2D eigenvalue weighted by Gasteiger charge is 2.15. The maximum absolute atomic E-state index is 11.9. The fourth-order valence-electron chi connectivity index (χ4n) is 2.35. The van der Waals surface area contributed by atoms with E-state index in [2.05, 4.69) is 15.8 Å². The summed E-state index contributed by atoms with van der Waals surface area (Å²) in [6, 6.07) is 5.14. The van der Waals surface area contributed by atoms with Gasteiger partial charge in [0.15, 0.2) is 0 Å². The van der Waals surface area contributed by atoms with Gasteiger partial charge in [-0.1, -0.05) is 30.5 Å². The van der Waals surface area contributed by atoms with Crippen LogP contribution in [0.2, 0.25) is 5.02 Å². The van der Waals surface area contributed by atoms with Crippen molar-refractivity contribution in [1.82, 2.24) is 5.43 Å². The number of benzene rings is 1. The molecular weight excluding hydrogens is 302 g/mol. The first kappa shape index (κ1) is 16.5. The number of anilines is 1. The van der Waals surface area contributed by atoms with Crippen LogP contribution in [0, 0.1) is 6.92 Å². The highest BCUT2D eigenvalue weighted by atomic mass is 35.5. The average Bonchev–Trinajstić information content (AvgIpc) is 2.78. The van der Waals surface area contributed by atoms with Gasteiger partial charge in [-0.05, 0) is 50.3 Å². The second-order valence-electron chi connectivity index (χ2n) is 5.40. The number of halogens is 1. The number of nitrogens with one attached hydrogen (secondary N) is 2. The van der Waals surface area contributed by atoms with Crippen molar-refractivity contribution < 1.29 is 9.59 Å². The van der Waals surface area contributed by atoms with Crippen LogP contribution >= 0.6 is 11.6 Å². The molecule has 0 heterocycles. The highest BCUT2D eigenvalue weighted by Crippen LogP contribution is 2.22. The molecule has 1 aliphatic rings. The summed E-state index contributed by atoms with van der Waals surface area (Å²) in [6.07, 6.45) is 6.33. The van der Waals surface area contributed by atoms with Crippen molar-refractivity contribution in [3.8, 4) is 0 Å². The Bertz CT molecular complexity index is 589. The average molecular weight is 322 g/mol. The Labute approximate surface area is 135 Å². The summed E-state index contributed by atoms with van der Waals surface area (Å²) in [6.45, 7) is 1.78. The van der Waals surface area contributed by atoms with Crippen molar-refractivity contribution in [3.63, 3.8) is 0 Å². The van der Waals surface area contributed by atoms with Crippen LogP contribution in [0.5, 0.6) is 0 Å². The summed E-state index contributed by atoms with van der Waals surface area (Å²) in [5.41, 5.74) is 4.54. The van der Waals surface area contributed by atoms with Crippen molar-refractivity contribution in [2.75, 3.05) is 5.32 Å². The number of carbonyl (C=O) groups excluding carboxylic acids is 2. The van der Waals surface area contributed by atoms with Gasteiger partial charge in [0.25, 0.3) is 0 Å². The Morgan fingerprint density at radius 1 is 1.09 bits per heavy atom. The lowest BCUT2D eigenvalue weighted by Gasteiger charge is -2.09. The van der Waals surface area contributed by atoms with E-state index in [-0.39, 0.29) is 0 Å². The fraction of sp³-hybridized carbons (Fsp3) is 0.438. The molecule has 6 heteroatoms. The number of hydrogen-bond donors (Lipinski definition) is 2. The minimum Gasteiger partial charge on any atom is -0.317 e. The van der Waals surface area contributed by atoms with Gasteiger partial charge in [-0.3, -0.25) is 9.59 Å². The summed E-state index contributed by atoms with van der Waals surface area (Å²) in [7, 11) is 0. The van der Waals surface area contributed by atoms with E-state index in [1.54, 1.807) is 25.1 Å². The molecule has 118 valence electrons. The van der Waals surface area contributed by atoms with Gasteiger partial charge < -0.3 is 5.32 Å². The maximum atomic E-state index is 11.9. The molecule has 1 aromatic rings. The number of nitrogens with zero attached hydrogens (tertiary/aromatic N) is 1. The Balaban J connectivity index is 1.93. The molecule has 22 heavy (non-hydrogen) atoms. The van der Waals surface area contributed by atoms with Gasteiger partial charge in [0.2, 0.25) is 0 Å². The predicted molar refractivity (Wildman–Crippen MR) is 88.1 cm³/mol. The maximum Gasteiger partial charge on any atom is 0.329 e. The van der Waals surface area contributed by atoms with E-state index >= 15 is 0 Å². The smallest absolute Gasteiger partial charge is 0.317 e. The Hall–Kier alpha value is -1.88. The van der Waals surface area contributed by atoms with Crippen LogP contribution in [0.25, 0.3) is 0 Å². The van der Waals surface area contributed by atoms with Crippen LogP contribution in [0.15, 0.2) is 23.3 Å². The molecule has 1 saturated carbocycles.